The number of aromatic nitrogens is 1. The molecule has 0 aliphatic carbocycles. The van der Waals surface area contributed by atoms with E-state index >= 15 is 0 Å². The molecule has 2 aliphatic heterocycles. The smallest absolute Gasteiger partial charge is 0.239 e. The van der Waals surface area contributed by atoms with E-state index < -0.39 is 9.84 Å². The molecule has 4 rings (SSSR count). The van der Waals surface area contributed by atoms with Crippen LogP contribution in [-0.4, -0.2) is 72.8 Å². The summed E-state index contributed by atoms with van der Waals surface area (Å²) in [5.74, 6) is 2.11. The van der Waals surface area contributed by atoms with E-state index in [0.717, 1.165) is 48.8 Å². The van der Waals surface area contributed by atoms with Gasteiger partial charge in [-0.3, -0.25) is 9.69 Å². The molecule has 0 bridgehead atoms. The maximum atomic E-state index is 13.0. The van der Waals surface area contributed by atoms with Crippen molar-refractivity contribution < 1.29 is 17.6 Å². The maximum absolute atomic E-state index is 13.0. The molecule has 3 heterocycles. The van der Waals surface area contributed by atoms with Crippen LogP contribution in [0.2, 0.25) is 0 Å². The van der Waals surface area contributed by atoms with Crippen molar-refractivity contribution in [3.63, 3.8) is 0 Å². The summed E-state index contributed by atoms with van der Waals surface area (Å²) in [5.41, 5.74) is 1.96. The molecule has 0 N–H and O–H groups in total. The Bertz CT molecular complexity index is 1030. The Morgan fingerprint density at radius 1 is 1.19 bits per heavy atom. The van der Waals surface area contributed by atoms with Crippen molar-refractivity contribution in [2.45, 2.75) is 51.1 Å². The lowest BCUT2D eigenvalue weighted by molar-refractivity contribution is -0.137. The van der Waals surface area contributed by atoms with Gasteiger partial charge in [0.2, 0.25) is 5.91 Å². The number of piperidine rings is 1. The van der Waals surface area contributed by atoms with Crippen LogP contribution in [0.15, 0.2) is 34.7 Å². The number of hydrogen-bond acceptors (Lipinski definition) is 6. The summed E-state index contributed by atoms with van der Waals surface area (Å²) in [6.07, 6.45) is 2.30. The van der Waals surface area contributed by atoms with E-state index in [0.29, 0.717) is 6.42 Å². The SMILES string of the molecule is Cc1oc(C2CCN([C@H](C)C(=O)N(C)[C@@H]3CCS(=O)(=O)C3)CC2)nc1-c1ccccc1. The number of nitrogens with zero attached hydrogens (tertiary/aromatic N) is 3. The highest BCUT2D eigenvalue weighted by Gasteiger charge is 2.36. The van der Waals surface area contributed by atoms with E-state index in [-0.39, 0.29) is 35.4 Å². The lowest BCUT2D eigenvalue weighted by Crippen LogP contribution is -2.51. The number of benzene rings is 1. The van der Waals surface area contributed by atoms with Crippen molar-refractivity contribution >= 4 is 15.7 Å². The number of likely N-dealkylation sites (N-methyl/N-ethyl adjacent to an activating group) is 1. The van der Waals surface area contributed by atoms with Crippen molar-refractivity contribution in [1.82, 2.24) is 14.8 Å². The van der Waals surface area contributed by atoms with Gasteiger partial charge < -0.3 is 9.32 Å². The third kappa shape index (κ3) is 4.70. The fourth-order valence-electron chi connectivity index (χ4n) is 4.70. The minimum Gasteiger partial charge on any atom is -0.445 e. The summed E-state index contributed by atoms with van der Waals surface area (Å²) >= 11 is 0. The predicted octanol–water partition coefficient (Wildman–Crippen LogP) is 2.86. The number of likely N-dealkylation sites (tertiary alicyclic amines) is 1. The summed E-state index contributed by atoms with van der Waals surface area (Å²) in [5, 5.41) is 0. The second-order valence-electron chi connectivity index (χ2n) is 8.82. The fourth-order valence-corrected chi connectivity index (χ4v) is 6.48. The number of amides is 1. The van der Waals surface area contributed by atoms with Crippen molar-refractivity contribution in [2.75, 3.05) is 31.6 Å². The molecule has 0 spiro atoms. The molecule has 2 saturated heterocycles. The van der Waals surface area contributed by atoms with Crippen LogP contribution >= 0.6 is 0 Å². The molecule has 0 unspecified atom stereocenters. The summed E-state index contributed by atoms with van der Waals surface area (Å²) in [6.45, 7) is 5.45. The molecule has 2 atom stereocenters. The van der Waals surface area contributed by atoms with Gasteiger partial charge in [-0.25, -0.2) is 13.4 Å². The normalized spacial score (nSPS) is 23.0. The third-order valence-electron chi connectivity index (χ3n) is 6.75. The molecule has 2 fully saturated rings. The van der Waals surface area contributed by atoms with Crippen LogP contribution in [0, 0.1) is 6.92 Å². The molecule has 8 heteroatoms. The topological polar surface area (TPSA) is 83.7 Å². The van der Waals surface area contributed by atoms with Crippen LogP contribution in [0.1, 0.15) is 43.8 Å². The first-order valence-electron chi connectivity index (χ1n) is 11.0. The Balaban J connectivity index is 1.36. The van der Waals surface area contributed by atoms with Crippen LogP contribution in [0.5, 0.6) is 0 Å². The Kier molecular flexibility index (Phi) is 6.21. The van der Waals surface area contributed by atoms with Crippen molar-refractivity contribution in [3.8, 4) is 11.3 Å². The monoisotopic (exact) mass is 445 g/mol. The van der Waals surface area contributed by atoms with Gasteiger partial charge in [0, 0.05) is 24.6 Å². The molecule has 1 aromatic heterocycles. The number of sulfone groups is 1. The lowest BCUT2D eigenvalue weighted by Gasteiger charge is -2.37. The molecule has 31 heavy (non-hydrogen) atoms. The molecule has 1 amide bonds. The first-order valence-corrected chi connectivity index (χ1v) is 12.8. The molecule has 1 aromatic carbocycles. The van der Waals surface area contributed by atoms with E-state index in [2.05, 4.69) is 4.90 Å². The average molecular weight is 446 g/mol. The van der Waals surface area contributed by atoms with Gasteiger partial charge in [0.1, 0.15) is 11.5 Å². The maximum Gasteiger partial charge on any atom is 0.239 e. The molecule has 168 valence electrons. The number of oxazole rings is 1. The highest BCUT2D eigenvalue weighted by molar-refractivity contribution is 7.91. The zero-order chi connectivity index (χ0) is 22.2. The first kappa shape index (κ1) is 22.0. The zero-order valence-electron chi connectivity index (χ0n) is 18.5. The van der Waals surface area contributed by atoms with Gasteiger partial charge in [0.15, 0.2) is 15.7 Å². The summed E-state index contributed by atoms with van der Waals surface area (Å²) in [7, 11) is -1.28. The molecular formula is C23H31N3O4S. The third-order valence-corrected chi connectivity index (χ3v) is 8.50. The van der Waals surface area contributed by atoms with E-state index in [9.17, 15) is 13.2 Å². The molecule has 0 saturated carbocycles. The number of carbonyl (C=O) groups is 1. The Morgan fingerprint density at radius 3 is 2.48 bits per heavy atom. The van der Waals surface area contributed by atoms with E-state index in [4.69, 9.17) is 9.40 Å². The van der Waals surface area contributed by atoms with Gasteiger partial charge in [-0.2, -0.15) is 0 Å². The van der Waals surface area contributed by atoms with Crippen LogP contribution in [-0.2, 0) is 14.6 Å². The summed E-state index contributed by atoms with van der Waals surface area (Å²) in [6, 6.07) is 9.59. The van der Waals surface area contributed by atoms with Gasteiger partial charge in [0.05, 0.1) is 17.5 Å². The van der Waals surface area contributed by atoms with Gasteiger partial charge >= 0.3 is 0 Å². The second kappa shape index (κ2) is 8.74. The summed E-state index contributed by atoms with van der Waals surface area (Å²) in [4.78, 5) is 21.6. The van der Waals surface area contributed by atoms with Crippen molar-refractivity contribution in [1.29, 1.82) is 0 Å². The van der Waals surface area contributed by atoms with Gasteiger partial charge in [-0.05, 0) is 46.2 Å². The Morgan fingerprint density at radius 2 is 1.87 bits per heavy atom. The van der Waals surface area contributed by atoms with Gasteiger partial charge in [-0.15, -0.1) is 0 Å². The standard InChI is InChI=1S/C23H31N3O4S/c1-16(23(27)25(3)20-11-14-31(28,29)15-20)26-12-9-19(10-13-26)22-24-21(17(2)30-22)18-7-5-4-6-8-18/h4-8,16,19-20H,9-15H2,1-3H3/t16-,20-/m1/s1. The van der Waals surface area contributed by atoms with Crippen LogP contribution in [0.4, 0.5) is 0 Å². The first-order chi connectivity index (χ1) is 14.7. The fraction of sp³-hybridized carbons (Fsp3) is 0.565. The second-order valence-corrected chi connectivity index (χ2v) is 11.0. The van der Waals surface area contributed by atoms with Crippen molar-refractivity contribution in [3.05, 3.63) is 42.0 Å². The number of hydrogen-bond donors (Lipinski definition) is 0. The highest BCUT2D eigenvalue weighted by Crippen LogP contribution is 2.32. The number of aryl methyl sites for hydroxylation is 1. The Labute approximate surface area is 184 Å². The lowest BCUT2D eigenvalue weighted by atomic mass is 9.95. The summed E-state index contributed by atoms with van der Waals surface area (Å²) < 4.78 is 29.5. The minimum absolute atomic E-state index is 0.00104. The quantitative estimate of drug-likeness (QED) is 0.704. The number of rotatable bonds is 5. The van der Waals surface area contributed by atoms with E-state index in [1.807, 2.05) is 44.2 Å². The minimum atomic E-state index is -3.01. The Hall–Kier alpha value is -2.19. The molecule has 2 aliphatic rings. The molecule has 0 radical (unpaired) electrons. The largest absolute Gasteiger partial charge is 0.445 e. The zero-order valence-corrected chi connectivity index (χ0v) is 19.3. The molecule has 2 aromatic rings. The molecular weight excluding hydrogens is 414 g/mol. The average Bonchev–Trinajstić information content (AvgIpc) is 3.35. The van der Waals surface area contributed by atoms with Crippen LogP contribution < -0.4 is 0 Å². The van der Waals surface area contributed by atoms with Gasteiger partial charge in [-0.1, -0.05) is 30.3 Å². The van der Waals surface area contributed by atoms with E-state index in [1.54, 1.807) is 11.9 Å². The highest BCUT2D eigenvalue weighted by atomic mass is 32.2. The molecule has 7 nitrogen and oxygen atoms in total. The predicted molar refractivity (Wildman–Crippen MR) is 120 cm³/mol. The van der Waals surface area contributed by atoms with Crippen LogP contribution in [0.3, 0.4) is 0 Å². The van der Waals surface area contributed by atoms with Crippen molar-refractivity contribution in [2.24, 2.45) is 0 Å². The van der Waals surface area contributed by atoms with Gasteiger partial charge in [0.25, 0.3) is 0 Å². The van der Waals surface area contributed by atoms with Crippen LogP contribution in [0.25, 0.3) is 11.3 Å². The van der Waals surface area contributed by atoms with E-state index in [1.165, 1.54) is 0 Å². The number of carbonyl (C=O) groups excluding carboxylic acids is 1.